The number of ether oxygens (including phenoxy) is 5. The molecule has 1 N–H and O–H groups in total. The molecule has 29 heavy (non-hydrogen) atoms. The number of phenols is 1. The van der Waals surface area contributed by atoms with Gasteiger partial charge in [-0.2, -0.15) is 5.01 Å². The van der Waals surface area contributed by atoms with E-state index >= 15 is 0 Å². The minimum absolute atomic E-state index is 0.0677. The number of carbonyl (C=O) groups is 1. The van der Waals surface area contributed by atoms with Gasteiger partial charge >= 0.3 is 0 Å². The van der Waals surface area contributed by atoms with Crippen LogP contribution in [-0.2, 0) is 9.53 Å². The van der Waals surface area contributed by atoms with Gasteiger partial charge in [0.2, 0.25) is 23.8 Å². The fraction of sp³-hybridized carbons (Fsp3) is 0.300. The second kappa shape index (κ2) is 8.17. The van der Waals surface area contributed by atoms with E-state index in [1.54, 1.807) is 24.3 Å². The average molecular weight is 402 g/mol. The second-order valence-corrected chi connectivity index (χ2v) is 6.08. The Kier molecular flexibility index (Phi) is 5.67. The highest BCUT2D eigenvalue weighted by atomic mass is 16.5. The van der Waals surface area contributed by atoms with Crippen molar-refractivity contribution >= 4 is 11.8 Å². The maximum atomic E-state index is 12.2. The van der Waals surface area contributed by atoms with Crippen LogP contribution in [0, 0.1) is 0 Å². The Labute approximate surface area is 168 Å². The number of hydrogen-bond donors (Lipinski definition) is 1. The first-order chi connectivity index (χ1) is 13.9. The summed E-state index contributed by atoms with van der Waals surface area (Å²) in [5, 5.41) is 15.5. The summed E-state index contributed by atoms with van der Waals surface area (Å²) in [4.78, 5) is 12.2. The van der Waals surface area contributed by atoms with Crippen molar-refractivity contribution in [3.63, 3.8) is 0 Å². The molecule has 0 fully saturated rings. The van der Waals surface area contributed by atoms with Gasteiger partial charge < -0.3 is 28.8 Å². The van der Waals surface area contributed by atoms with Gasteiger partial charge in [-0.05, 0) is 30.3 Å². The molecule has 1 amide bonds. The Morgan fingerprint density at radius 3 is 2.10 bits per heavy atom. The van der Waals surface area contributed by atoms with Crippen molar-refractivity contribution < 1.29 is 33.6 Å². The van der Waals surface area contributed by atoms with Crippen molar-refractivity contribution in [2.24, 2.45) is 5.10 Å². The van der Waals surface area contributed by atoms with Gasteiger partial charge in [0.25, 0.3) is 0 Å². The van der Waals surface area contributed by atoms with Gasteiger partial charge in [-0.1, -0.05) is 0 Å². The lowest BCUT2D eigenvalue weighted by molar-refractivity contribution is -0.135. The first-order valence-corrected chi connectivity index (χ1v) is 8.65. The van der Waals surface area contributed by atoms with Gasteiger partial charge in [-0.3, -0.25) is 4.79 Å². The topological polar surface area (TPSA) is 99.1 Å². The molecule has 0 bridgehead atoms. The molecule has 1 heterocycles. The summed E-state index contributed by atoms with van der Waals surface area (Å²) >= 11 is 0. The van der Waals surface area contributed by atoms with E-state index in [4.69, 9.17) is 23.7 Å². The van der Waals surface area contributed by atoms with Crippen molar-refractivity contribution in [1.82, 2.24) is 5.01 Å². The summed E-state index contributed by atoms with van der Waals surface area (Å²) < 4.78 is 27.1. The largest absolute Gasteiger partial charge is 0.504 e. The van der Waals surface area contributed by atoms with Crippen LogP contribution in [0.15, 0.2) is 35.4 Å². The lowest BCUT2D eigenvalue weighted by Gasteiger charge is -2.21. The van der Waals surface area contributed by atoms with Gasteiger partial charge in [-0.15, -0.1) is 5.10 Å². The summed E-state index contributed by atoms with van der Waals surface area (Å²) in [7, 11) is 5.96. The van der Waals surface area contributed by atoms with E-state index in [0.29, 0.717) is 34.1 Å². The summed E-state index contributed by atoms with van der Waals surface area (Å²) in [5.74, 6) is 1.37. The minimum atomic E-state index is -0.847. The Morgan fingerprint density at radius 1 is 1.00 bits per heavy atom. The van der Waals surface area contributed by atoms with Gasteiger partial charge in [-0.25, -0.2) is 0 Å². The fourth-order valence-corrected chi connectivity index (χ4v) is 2.97. The molecular weight excluding hydrogens is 380 g/mol. The predicted molar refractivity (Wildman–Crippen MR) is 104 cm³/mol. The summed E-state index contributed by atoms with van der Waals surface area (Å²) in [5.41, 5.74) is 1.07. The lowest BCUT2D eigenvalue weighted by atomic mass is 10.1. The first kappa shape index (κ1) is 20.1. The molecule has 2 aromatic carbocycles. The van der Waals surface area contributed by atoms with Crippen LogP contribution in [0.1, 0.15) is 24.3 Å². The van der Waals surface area contributed by atoms with Gasteiger partial charge in [0.15, 0.2) is 23.0 Å². The highest BCUT2D eigenvalue weighted by molar-refractivity contribution is 5.97. The predicted octanol–water partition coefficient (Wildman–Crippen LogP) is 2.67. The van der Waals surface area contributed by atoms with Gasteiger partial charge in [0.05, 0.1) is 28.4 Å². The molecule has 1 aliphatic heterocycles. The van der Waals surface area contributed by atoms with Crippen molar-refractivity contribution in [2.75, 3.05) is 28.4 Å². The van der Waals surface area contributed by atoms with Crippen LogP contribution in [0.2, 0.25) is 0 Å². The second-order valence-electron chi connectivity index (χ2n) is 6.08. The molecule has 0 saturated heterocycles. The SMILES string of the molecule is COc1ccc(C2=NN(C(C)=O)C(c3cc(OC)c(OC)c(OC)c3)O2)cc1O. The zero-order chi connectivity index (χ0) is 21.1. The molecule has 1 atom stereocenters. The highest BCUT2D eigenvalue weighted by Gasteiger charge is 2.34. The van der Waals surface area contributed by atoms with Crippen LogP contribution in [0.4, 0.5) is 0 Å². The lowest BCUT2D eigenvalue weighted by Crippen LogP contribution is -2.25. The number of hydrazone groups is 1. The summed E-state index contributed by atoms with van der Waals surface area (Å²) in [6, 6.07) is 8.08. The number of methoxy groups -OCH3 is 4. The van der Waals surface area contributed by atoms with E-state index in [1.165, 1.54) is 46.4 Å². The maximum Gasteiger partial charge on any atom is 0.243 e. The molecule has 0 spiro atoms. The van der Waals surface area contributed by atoms with E-state index in [9.17, 15) is 9.90 Å². The van der Waals surface area contributed by atoms with Crippen LogP contribution in [-0.4, -0.2) is 50.4 Å². The minimum Gasteiger partial charge on any atom is -0.504 e. The third-order valence-electron chi connectivity index (χ3n) is 4.36. The number of aromatic hydroxyl groups is 1. The standard InChI is InChI=1S/C20H22N2O7/c1-11(23)22-20(13-9-16(26-3)18(28-5)17(10-13)27-4)29-19(21-22)12-6-7-15(25-2)14(24)8-12/h6-10,20,24H,1-5H3. The number of amides is 1. The Hall–Kier alpha value is -3.62. The summed E-state index contributed by atoms with van der Waals surface area (Å²) in [6.45, 7) is 1.38. The van der Waals surface area contributed by atoms with Crippen LogP contribution >= 0.6 is 0 Å². The van der Waals surface area contributed by atoms with Crippen LogP contribution in [0.25, 0.3) is 0 Å². The fourth-order valence-electron chi connectivity index (χ4n) is 2.97. The summed E-state index contributed by atoms with van der Waals surface area (Å²) in [6.07, 6.45) is -0.847. The number of benzene rings is 2. The van der Waals surface area contributed by atoms with E-state index in [0.717, 1.165) is 0 Å². The Bertz CT molecular complexity index is 933. The zero-order valence-electron chi connectivity index (χ0n) is 16.8. The Morgan fingerprint density at radius 2 is 1.62 bits per heavy atom. The highest BCUT2D eigenvalue weighted by Crippen LogP contribution is 2.42. The van der Waals surface area contributed by atoms with Crippen LogP contribution in [0.5, 0.6) is 28.7 Å². The first-order valence-electron chi connectivity index (χ1n) is 8.65. The van der Waals surface area contributed by atoms with Crippen molar-refractivity contribution in [2.45, 2.75) is 13.2 Å². The third-order valence-corrected chi connectivity index (χ3v) is 4.36. The smallest absolute Gasteiger partial charge is 0.243 e. The molecule has 9 heteroatoms. The number of hydrogen-bond acceptors (Lipinski definition) is 8. The number of carbonyl (C=O) groups excluding carboxylic acids is 1. The molecule has 1 aliphatic rings. The molecule has 2 aromatic rings. The molecule has 154 valence electrons. The average Bonchev–Trinajstić information content (AvgIpc) is 3.18. The molecular formula is C20H22N2O7. The van der Waals surface area contributed by atoms with Crippen LogP contribution < -0.4 is 18.9 Å². The normalized spacial score (nSPS) is 15.4. The zero-order valence-corrected chi connectivity index (χ0v) is 16.8. The molecule has 0 aromatic heterocycles. The molecule has 9 nitrogen and oxygen atoms in total. The van der Waals surface area contributed by atoms with Crippen LogP contribution in [0.3, 0.4) is 0 Å². The third kappa shape index (κ3) is 3.71. The van der Waals surface area contributed by atoms with Crippen molar-refractivity contribution in [1.29, 1.82) is 0 Å². The van der Waals surface area contributed by atoms with Gasteiger partial charge in [0, 0.05) is 18.1 Å². The number of rotatable bonds is 6. The molecule has 0 saturated carbocycles. The quantitative estimate of drug-likeness (QED) is 0.793. The van der Waals surface area contributed by atoms with E-state index in [-0.39, 0.29) is 17.6 Å². The van der Waals surface area contributed by atoms with Gasteiger partial charge in [0.1, 0.15) is 0 Å². The van der Waals surface area contributed by atoms with Crippen molar-refractivity contribution in [3.8, 4) is 28.7 Å². The number of phenolic OH excluding ortho intramolecular Hbond substituents is 1. The monoisotopic (exact) mass is 402 g/mol. The Balaban J connectivity index is 2.01. The molecule has 0 aliphatic carbocycles. The molecule has 1 unspecified atom stereocenters. The van der Waals surface area contributed by atoms with E-state index < -0.39 is 6.23 Å². The maximum absolute atomic E-state index is 12.2. The van der Waals surface area contributed by atoms with E-state index in [2.05, 4.69) is 5.10 Å². The molecule has 0 radical (unpaired) electrons. The molecule has 3 rings (SSSR count). The number of nitrogens with zero attached hydrogens (tertiary/aromatic N) is 2. The van der Waals surface area contributed by atoms with E-state index in [1.807, 2.05) is 0 Å². The van der Waals surface area contributed by atoms with Crippen molar-refractivity contribution in [3.05, 3.63) is 41.5 Å².